The van der Waals surface area contributed by atoms with Gasteiger partial charge in [-0.05, 0) is 6.42 Å². The molecule has 0 aromatic heterocycles. The third kappa shape index (κ3) is 1.09. The Hall–Kier alpha value is -0.870. The zero-order valence-corrected chi connectivity index (χ0v) is 8.04. The van der Waals surface area contributed by atoms with Crippen molar-refractivity contribution in [3.63, 3.8) is 0 Å². The van der Waals surface area contributed by atoms with Crippen LogP contribution in [0, 0.1) is 0 Å². The average molecular weight is 198 g/mol. The first-order valence-corrected chi connectivity index (χ1v) is 5.54. The highest BCUT2D eigenvalue weighted by Gasteiger charge is 2.64. The van der Waals surface area contributed by atoms with Gasteiger partial charge in [0.2, 0.25) is 4.93 Å². The maximum atomic E-state index is 11.2. The minimum Gasteiger partial charge on any atom is -0.237 e. The molecule has 0 spiro atoms. The van der Waals surface area contributed by atoms with E-state index >= 15 is 0 Å². The molecule has 0 N–H and O–H groups in total. The van der Waals surface area contributed by atoms with Crippen molar-refractivity contribution >= 4 is 10.1 Å². The zero-order valence-electron chi connectivity index (χ0n) is 7.23. The van der Waals surface area contributed by atoms with E-state index in [1.807, 2.05) is 18.2 Å². The van der Waals surface area contributed by atoms with Crippen LogP contribution in [0.4, 0.5) is 0 Å². The van der Waals surface area contributed by atoms with E-state index in [0.717, 1.165) is 5.56 Å². The lowest BCUT2D eigenvalue weighted by Gasteiger charge is -2.03. The molecule has 0 bridgehead atoms. The molecule has 1 atom stereocenters. The van der Waals surface area contributed by atoms with E-state index in [4.69, 9.17) is 4.18 Å². The van der Waals surface area contributed by atoms with E-state index in [-0.39, 0.29) is 0 Å². The predicted molar refractivity (Wildman–Crippen MR) is 48.4 cm³/mol. The third-order valence-corrected chi connectivity index (χ3v) is 4.07. The van der Waals surface area contributed by atoms with Crippen molar-refractivity contribution in [2.45, 2.75) is 18.3 Å². The van der Waals surface area contributed by atoms with E-state index in [1.165, 1.54) is 0 Å². The highest BCUT2D eigenvalue weighted by Crippen LogP contribution is 2.50. The van der Waals surface area contributed by atoms with Crippen molar-refractivity contribution in [3.05, 3.63) is 35.9 Å². The Morgan fingerprint density at radius 3 is 2.23 bits per heavy atom. The molecular formula is C9H10O3S. The van der Waals surface area contributed by atoms with Crippen LogP contribution in [0.2, 0.25) is 0 Å². The van der Waals surface area contributed by atoms with Crippen molar-refractivity contribution in [1.29, 1.82) is 0 Å². The van der Waals surface area contributed by atoms with E-state index in [9.17, 15) is 8.42 Å². The van der Waals surface area contributed by atoms with Gasteiger partial charge in [0.25, 0.3) is 0 Å². The molecule has 1 aliphatic rings. The molecule has 0 radical (unpaired) electrons. The zero-order chi connectivity index (χ0) is 9.53. The van der Waals surface area contributed by atoms with Crippen LogP contribution in [0.5, 0.6) is 0 Å². The van der Waals surface area contributed by atoms with Crippen LogP contribution in [0.25, 0.3) is 0 Å². The molecule has 1 saturated heterocycles. The van der Waals surface area contributed by atoms with Crippen LogP contribution in [-0.4, -0.2) is 8.42 Å². The van der Waals surface area contributed by atoms with Crippen LogP contribution in [0.1, 0.15) is 18.9 Å². The molecule has 2 rings (SSSR count). The van der Waals surface area contributed by atoms with Crippen molar-refractivity contribution in [2.24, 2.45) is 0 Å². The Balaban J connectivity index is 2.48. The van der Waals surface area contributed by atoms with E-state index in [0.29, 0.717) is 6.42 Å². The van der Waals surface area contributed by atoms with Crippen molar-refractivity contribution in [1.82, 2.24) is 0 Å². The standard InChI is InChI=1S/C9H10O3S/c1-2-9(12-13(9,10)11)8-6-4-3-5-7-8/h3-7H,2H2,1H3. The average Bonchev–Trinajstić information content (AvgIpc) is 2.72. The van der Waals surface area contributed by atoms with Crippen LogP contribution < -0.4 is 0 Å². The second-order valence-electron chi connectivity index (χ2n) is 3.01. The van der Waals surface area contributed by atoms with E-state index in [2.05, 4.69) is 0 Å². The quantitative estimate of drug-likeness (QED) is 0.678. The normalized spacial score (nSPS) is 29.9. The maximum Gasteiger partial charge on any atom is 0.305 e. The van der Waals surface area contributed by atoms with Gasteiger partial charge in [-0.3, -0.25) is 0 Å². The summed E-state index contributed by atoms with van der Waals surface area (Å²) in [5.74, 6) is 0. The number of hydrogen-bond acceptors (Lipinski definition) is 3. The molecular weight excluding hydrogens is 188 g/mol. The molecule has 1 aromatic carbocycles. The molecule has 13 heavy (non-hydrogen) atoms. The maximum absolute atomic E-state index is 11.2. The van der Waals surface area contributed by atoms with Crippen LogP contribution >= 0.6 is 0 Å². The first-order chi connectivity index (χ1) is 6.12. The third-order valence-electron chi connectivity index (χ3n) is 2.30. The minimum atomic E-state index is -3.32. The summed E-state index contributed by atoms with van der Waals surface area (Å²) in [4.78, 5) is -1.05. The molecule has 1 unspecified atom stereocenters. The van der Waals surface area contributed by atoms with Crippen molar-refractivity contribution in [3.8, 4) is 0 Å². The summed E-state index contributed by atoms with van der Waals surface area (Å²) in [7, 11) is -3.32. The van der Waals surface area contributed by atoms with Crippen molar-refractivity contribution in [2.75, 3.05) is 0 Å². The van der Waals surface area contributed by atoms with Crippen LogP contribution in [0.15, 0.2) is 30.3 Å². The summed E-state index contributed by atoms with van der Waals surface area (Å²) in [5, 5.41) is 0. The number of benzene rings is 1. The smallest absolute Gasteiger partial charge is 0.237 e. The first kappa shape index (κ1) is 8.72. The fourth-order valence-electron chi connectivity index (χ4n) is 1.48. The molecule has 1 aliphatic heterocycles. The molecule has 1 aromatic rings. The van der Waals surface area contributed by atoms with Gasteiger partial charge in [0.1, 0.15) is 0 Å². The Morgan fingerprint density at radius 2 is 1.85 bits per heavy atom. The van der Waals surface area contributed by atoms with Gasteiger partial charge < -0.3 is 0 Å². The van der Waals surface area contributed by atoms with Gasteiger partial charge in [-0.25, -0.2) is 4.18 Å². The van der Waals surface area contributed by atoms with E-state index in [1.54, 1.807) is 19.1 Å². The Kier molecular flexibility index (Phi) is 1.72. The highest BCUT2D eigenvalue weighted by molar-refractivity contribution is 7.93. The minimum absolute atomic E-state index is 0.458. The second-order valence-corrected chi connectivity index (χ2v) is 4.74. The molecule has 0 aliphatic carbocycles. The second kappa shape index (κ2) is 2.56. The van der Waals surface area contributed by atoms with Gasteiger partial charge in [-0.2, -0.15) is 8.42 Å². The van der Waals surface area contributed by atoms with Gasteiger partial charge in [0.15, 0.2) is 0 Å². The Bertz CT molecular complexity index is 410. The summed E-state index contributed by atoms with van der Waals surface area (Å²) in [6, 6.07) is 9.01. The lowest BCUT2D eigenvalue weighted by atomic mass is 10.1. The summed E-state index contributed by atoms with van der Waals surface area (Å²) in [6.45, 7) is 1.80. The Labute approximate surface area is 77.5 Å². The fraction of sp³-hybridized carbons (Fsp3) is 0.333. The summed E-state index contributed by atoms with van der Waals surface area (Å²) in [6.07, 6.45) is 0.458. The van der Waals surface area contributed by atoms with Gasteiger partial charge in [-0.15, -0.1) is 0 Å². The van der Waals surface area contributed by atoms with Crippen molar-refractivity contribution < 1.29 is 12.6 Å². The molecule has 3 nitrogen and oxygen atoms in total. The molecule has 70 valence electrons. The molecule has 0 amide bonds. The molecule has 1 heterocycles. The summed E-state index contributed by atoms with van der Waals surface area (Å²) < 4.78 is 27.2. The monoisotopic (exact) mass is 198 g/mol. The van der Waals surface area contributed by atoms with Gasteiger partial charge >= 0.3 is 10.1 Å². The van der Waals surface area contributed by atoms with Gasteiger partial charge in [-0.1, -0.05) is 37.3 Å². The van der Waals surface area contributed by atoms with Gasteiger partial charge in [0, 0.05) is 5.56 Å². The number of hydrogen-bond donors (Lipinski definition) is 0. The summed E-state index contributed by atoms with van der Waals surface area (Å²) in [5.41, 5.74) is 0.720. The largest absolute Gasteiger partial charge is 0.305 e. The topological polar surface area (TPSA) is 46.7 Å². The lowest BCUT2D eigenvalue weighted by Crippen LogP contribution is -2.08. The van der Waals surface area contributed by atoms with Gasteiger partial charge in [0.05, 0.1) is 0 Å². The molecule has 4 heteroatoms. The first-order valence-electron chi connectivity index (χ1n) is 4.13. The predicted octanol–water partition coefficient (Wildman–Crippen LogP) is 1.61. The fourth-order valence-corrected chi connectivity index (χ4v) is 2.96. The van der Waals surface area contributed by atoms with Crippen LogP contribution in [-0.2, 0) is 19.2 Å². The van der Waals surface area contributed by atoms with Crippen LogP contribution in [0.3, 0.4) is 0 Å². The van der Waals surface area contributed by atoms with E-state index < -0.39 is 15.1 Å². The Morgan fingerprint density at radius 1 is 1.31 bits per heavy atom. The lowest BCUT2D eigenvalue weighted by molar-refractivity contribution is 0.313. The SMILES string of the molecule is CCC1(c2ccccc2)OS1(=O)=O. The highest BCUT2D eigenvalue weighted by atomic mass is 32.2. The molecule has 1 fully saturated rings. The summed E-state index contributed by atoms with van der Waals surface area (Å²) >= 11 is 0. The number of rotatable bonds is 2. The molecule has 0 saturated carbocycles.